The molecule has 24 heteroatoms. The third-order valence-electron chi connectivity index (χ3n) is 6.28. The minimum absolute atomic E-state index is 0.0700. The van der Waals surface area contributed by atoms with Gasteiger partial charge in [-0.25, -0.2) is 30.0 Å². The van der Waals surface area contributed by atoms with Crippen molar-refractivity contribution in [3.63, 3.8) is 0 Å². The standard InChI is InChI=1S/C10H12ClNO4S.2C6H13N3O3S.C4H8N2O/c11-17(14,15)7-6-12-10(13)16-8-9-4-2-1-3-5-9;2*7-1-4-13(11,12)9-3-2-8-6(10)5-9;7-4-3-5-1-2-6-4/h1-5H,6-8H2,(H,12,13);2*1-5,7H2,(H,8,10);5H,1-3H2,(H,6,7). The molecule has 4 rings (SSSR count). The van der Waals surface area contributed by atoms with Gasteiger partial charge in [0.15, 0.2) is 0 Å². The molecule has 0 radical (unpaired) electrons. The molecule has 3 heterocycles. The van der Waals surface area contributed by atoms with E-state index < -0.39 is 35.2 Å². The van der Waals surface area contributed by atoms with Crippen LogP contribution in [0.5, 0.6) is 0 Å². The maximum absolute atomic E-state index is 11.4. The normalized spacial score (nSPS) is 17.1. The molecule has 9 N–H and O–H groups in total. The first-order chi connectivity index (χ1) is 23.5. The maximum atomic E-state index is 11.4. The van der Waals surface area contributed by atoms with Gasteiger partial charge in [-0.2, -0.15) is 8.61 Å². The lowest BCUT2D eigenvalue weighted by Crippen LogP contribution is -2.50. The van der Waals surface area contributed by atoms with Gasteiger partial charge in [-0.15, -0.1) is 0 Å². The van der Waals surface area contributed by atoms with Crippen molar-refractivity contribution in [2.75, 3.05) is 95.8 Å². The molecule has 3 fully saturated rings. The van der Waals surface area contributed by atoms with E-state index in [4.69, 9.17) is 26.9 Å². The van der Waals surface area contributed by atoms with E-state index >= 15 is 0 Å². The number of nitrogens with one attached hydrogen (secondary N) is 5. The molecular formula is C26H46ClN9O11S3. The van der Waals surface area contributed by atoms with Crippen LogP contribution in [0, 0.1) is 0 Å². The van der Waals surface area contributed by atoms with Crippen molar-refractivity contribution < 1.29 is 49.2 Å². The van der Waals surface area contributed by atoms with Gasteiger partial charge in [-0.1, -0.05) is 30.3 Å². The van der Waals surface area contributed by atoms with Crippen LogP contribution < -0.4 is 38.1 Å². The fourth-order valence-electron chi connectivity index (χ4n) is 3.87. The Morgan fingerprint density at radius 1 is 0.760 bits per heavy atom. The average Bonchev–Trinajstić information content (AvgIpc) is 3.05. The molecule has 0 aliphatic carbocycles. The predicted octanol–water partition coefficient (Wildman–Crippen LogP) is -4.40. The summed E-state index contributed by atoms with van der Waals surface area (Å²) in [4.78, 5) is 43.2. The van der Waals surface area contributed by atoms with E-state index in [2.05, 4.69) is 26.6 Å². The number of rotatable bonds is 11. The fraction of sp³-hybridized carbons (Fsp3) is 0.615. The van der Waals surface area contributed by atoms with Crippen molar-refractivity contribution in [3.05, 3.63) is 35.9 Å². The number of piperazine rings is 3. The van der Waals surface area contributed by atoms with E-state index in [0.717, 1.165) is 18.7 Å². The lowest BCUT2D eigenvalue weighted by Gasteiger charge is -2.25. The number of ether oxygens (including phenoxy) is 1. The Labute approximate surface area is 296 Å². The summed E-state index contributed by atoms with van der Waals surface area (Å²) in [6.45, 7) is 3.68. The summed E-state index contributed by atoms with van der Waals surface area (Å²) < 4.78 is 73.9. The Hall–Kier alpha value is -3.16. The van der Waals surface area contributed by atoms with Crippen LogP contribution in [0.2, 0.25) is 0 Å². The number of nitrogens with zero attached hydrogens (tertiary/aromatic N) is 2. The highest BCUT2D eigenvalue weighted by Gasteiger charge is 2.27. The van der Waals surface area contributed by atoms with Crippen molar-refractivity contribution in [3.8, 4) is 0 Å². The van der Waals surface area contributed by atoms with Gasteiger partial charge in [0.25, 0.3) is 0 Å². The van der Waals surface area contributed by atoms with Crippen molar-refractivity contribution in [2.24, 2.45) is 11.5 Å². The van der Waals surface area contributed by atoms with Gasteiger partial charge < -0.3 is 42.8 Å². The monoisotopic (exact) mass is 791 g/mol. The zero-order valence-corrected chi connectivity index (χ0v) is 30.5. The number of benzene rings is 1. The number of hydrogen-bond donors (Lipinski definition) is 7. The molecule has 3 aliphatic rings. The topological polar surface area (TPSA) is 299 Å². The number of halogens is 1. The van der Waals surface area contributed by atoms with Crippen molar-refractivity contribution in [1.29, 1.82) is 0 Å². The number of carbonyl (C=O) groups is 4. The molecule has 0 bridgehead atoms. The number of sulfonamides is 2. The Bertz CT molecular complexity index is 1480. The molecule has 20 nitrogen and oxygen atoms in total. The molecule has 3 saturated heterocycles. The minimum atomic E-state index is -3.58. The van der Waals surface area contributed by atoms with E-state index in [1.807, 2.05) is 30.3 Å². The zero-order chi connectivity index (χ0) is 37.6. The highest BCUT2D eigenvalue weighted by Crippen LogP contribution is 2.04. The van der Waals surface area contributed by atoms with E-state index in [9.17, 15) is 44.4 Å². The third kappa shape index (κ3) is 20.5. The molecule has 0 unspecified atom stereocenters. The fourth-order valence-corrected chi connectivity index (χ4v) is 6.92. The second kappa shape index (κ2) is 23.3. The second-order valence-electron chi connectivity index (χ2n) is 10.3. The summed E-state index contributed by atoms with van der Waals surface area (Å²) in [6.07, 6.45) is -0.672. The van der Waals surface area contributed by atoms with E-state index in [0.29, 0.717) is 32.7 Å². The van der Waals surface area contributed by atoms with Crippen molar-refractivity contribution in [1.82, 2.24) is 35.2 Å². The van der Waals surface area contributed by atoms with Gasteiger partial charge in [-0.3, -0.25) is 14.4 Å². The summed E-state index contributed by atoms with van der Waals surface area (Å²) >= 11 is 0. The lowest BCUT2D eigenvalue weighted by molar-refractivity contribution is -0.123. The smallest absolute Gasteiger partial charge is 0.407 e. The largest absolute Gasteiger partial charge is 0.445 e. The summed E-state index contributed by atoms with van der Waals surface area (Å²) in [5, 5.41) is 13.0. The second-order valence-corrected chi connectivity index (χ2v) is 17.4. The van der Waals surface area contributed by atoms with E-state index in [1.165, 1.54) is 8.61 Å². The van der Waals surface area contributed by atoms with Gasteiger partial charge in [0.2, 0.25) is 46.8 Å². The highest BCUT2D eigenvalue weighted by molar-refractivity contribution is 8.13. The van der Waals surface area contributed by atoms with Crippen LogP contribution in [0.1, 0.15) is 5.56 Å². The molecule has 0 atom stereocenters. The van der Waals surface area contributed by atoms with Crippen molar-refractivity contribution >= 4 is 63.6 Å². The molecule has 1 aromatic rings. The number of carbonyl (C=O) groups excluding carboxylic acids is 4. The summed E-state index contributed by atoms with van der Waals surface area (Å²) in [5.74, 6) is -0.930. The first-order valence-corrected chi connectivity index (χ1v) is 20.9. The van der Waals surface area contributed by atoms with Crippen LogP contribution in [0.4, 0.5) is 4.79 Å². The molecule has 1 aromatic carbocycles. The Morgan fingerprint density at radius 2 is 1.26 bits per heavy atom. The zero-order valence-electron chi connectivity index (χ0n) is 27.3. The van der Waals surface area contributed by atoms with Gasteiger partial charge in [0.05, 0.1) is 36.9 Å². The van der Waals surface area contributed by atoms with E-state index in [1.54, 1.807) is 0 Å². The maximum Gasteiger partial charge on any atom is 0.407 e. The van der Waals surface area contributed by atoms with Crippen LogP contribution in [0.25, 0.3) is 0 Å². The summed E-state index contributed by atoms with van der Waals surface area (Å²) in [6, 6.07) is 9.15. The third-order valence-corrected chi connectivity index (χ3v) is 11.1. The molecular weight excluding hydrogens is 746 g/mol. The molecule has 286 valence electrons. The first-order valence-electron chi connectivity index (χ1n) is 15.2. The predicted molar refractivity (Wildman–Crippen MR) is 185 cm³/mol. The van der Waals surface area contributed by atoms with Crippen LogP contribution in [0.3, 0.4) is 0 Å². The minimum Gasteiger partial charge on any atom is -0.445 e. The SMILES string of the molecule is NCCS(=O)(=O)N1CCNC(=O)C1.NCCS(=O)(=O)N1CCNC(=O)C1.O=C(NCCS(=O)(=O)Cl)OCc1ccccc1.O=C1CNCCN1. The molecule has 3 aliphatic heterocycles. The number of alkyl carbamates (subject to hydrolysis) is 1. The van der Waals surface area contributed by atoms with Crippen LogP contribution in [-0.2, 0) is 54.8 Å². The van der Waals surface area contributed by atoms with Crippen LogP contribution in [0.15, 0.2) is 30.3 Å². The quantitative estimate of drug-likeness (QED) is 0.104. The van der Waals surface area contributed by atoms with Gasteiger partial charge >= 0.3 is 6.09 Å². The summed E-state index contributed by atoms with van der Waals surface area (Å²) in [5.41, 5.74) is 11.2. The van der Waals surface area contributed by atoms with Gasteiger partial charge in [-0.05, 0) is 5.56 Å². The lowest BCUT2D eigenvalue weighted by atomic mass is 10.2. The van der Waals surface area contributed by atoms with Gasteiger partial charge in [0, 0.05) is 69.6 Å². The highest BCUT2D eigenvalue weighted by atomic mass is 35.7. The van der Waals surface area contributed by atoms with Gasteiger partial charge in [0.1, 0.15) is 6.61 Å². The molecule has 4 amide bonds. The van der Waals surface area contributed by atoms with E-state index in [-0.39, 0.29) is 74.3 Å². The Kier molecular flexibility index (Phi) is 20.9. The molecule has 0 spiro atoms. The summed E-state index contributed by atoms with van der Waals surface area (Å²) in [7, 11) is -5.25. The average molecular weight is 792 g/mol. The number of hydrogen-bond acceptors (Lipinski definition) is 14. The Balaban J connectivity index is 0.000000345. The van der Waals surface area contributed by atoms with Crippen LogP contribution in [-0.4, -0.2) is 153 Å². The number of nitrogens with two attached hydrogens (primary N) is 2. The molecule has 50 heavy (non-hydrogen) atoms. The molecule has 0 saturated carbocycles. The first kappa shape index (κ1) is 44.9. The van der Waals surface area contributed by atoms with Crippen molar-refractivity contribution in [2.45, 2.75) is 6.61 Å². The Morgan fingerprint density at radius 3 is 1.64 bits per heavy atom. The number of amides is 4. The van der Waals surface area contributed by atoms with Crippen LogP contribution >= 0.6 is 10.7 Å². The molecule has 0 aromatic heterocycles.